The van der Waals surface area contributed by atoms with Crippen molar-refractivity contribution < 1.29 is 9.53 Å². The lowest BCUT2D eigenvalue weighted by Gasteiger charge is -2.17. The first-order valence-electron chi connectivity index (χ1n) is 6.83. The van der Waals surface area contributed by atoms with Gasteiger partial charge in [-0.25, -0.2) is 0 Å². The van der Waals surface area contributed by atoms with Gasteiger partial charge in [0.2, 0.25) is 5.91 Å². The topological polar surface area (TPSA) is 74.2 Å². The molecule has 0 bridgehead atoms. The largest absolute Gasteiger partial charge is 0.383 e. The molecule has 0 spiro atoms. The van der Waals surface area contributed by atoms with Gasteiger partial charge < -0.3 is 15.4 Å². The molecule has 114 valence electrons. The number of thioether (sulfide) groups is 1. The van der Waals surface area contributed by atoms with E-state index in [2.05, 4.69) is 16.7 Å². The van der Waals surface area contributed by atoms with Crippen molar-refractivity contribution in [1.29, 1.82) is 5.26 Å². The first-order chi connectivity index (χ1) is 10.1. The molecule has 0 saturated heterocycles. The quantitative estimate of drug-likeness (QED) is 0.569. The number of anilines is 1. The van der Waals surface area contributed by atoms with Crippen LogP contribution in [0.15, 0.2) is 23.1 Å². The van der Waals surface area contributed by atoms with E-state index in [4.69, 9.17) is 4.74 Å². The van der Waals surface area contributed by atoms with Crippen LogP contribution in [0, 0.1) is 11.3 Å². The zero-order chi connectivity index (χ0) is 15.7. The van der Waals surface area contributed by atoms with E-state index >= 15 is 0 Å². The lowest BCUT2D eigenvalue weighted by Crippen LogP contribution is -2.39. The number of ether oxygens (including phenoxy) is 1. The fourth-order valence-electron chi connectivity index (χ4n) is 1.77. The van der Waals surface area contributed by atoms with Gasteiger partial charge in [0.15, 0.2) is 0 Å². The molecule has 1 aromatic rings. The van der Waals surface area contributed by atoms with Crippen LogP contribution in [0.3, 0.4) is 0 Å². The molecule has 6 heteroatoms. The van der Waals surface area contributed by atoms with Crippen molar-refractivity contribution in [1.82, 2.24) is 5.32 Å². The smallest absolute Gasteiger partial charge is 0.242 e. The Bertz CT molecular complexity index is 514. The zero-order valence-corrected chi connectivity index (χ0v) is 13.4. The lowest BCUT2D eigenvalue weighted by molar-refractivity contribution is -0.121. The number of methoxy groups -OCH3 is 1. The minimum Gasteiger partial charge on any atom is -0.383 e. The SMILES string of the molecule is CCSc1cccc(NC(C)C(=O)NCCOC)c1C#N. The molecule has 0 aliphatic carbocycles. The summed E-state index contributed by atoms with van der Waals surface area (Å²) in [6.45, 7) is 4.75. The number of nitrogens with zero attached hydrogens (tertiary/aromatic N) is 1. The summed E-state index contributed by atoms with van der Waals surface area (Å²) >= 11 is 1.61. The van der Waals surface area contributed by atoms with Crippen molar-refractivity contribution in [2.24, 2.45) is 0 Å². The number of amides is 1. The van der Waals surface area contributed by atoms with Crippen LogP contribution in [0.25, 0.3) is 0 Å². The van der Waals surface area contributed by atoms with Gasteiger partial charge in [0.05, 0.1) is 17.9 Å². The molecular formula is C15H21N3O2S. The molecule has 1 unspecified atom stereocenters. The summed E-state index contributed by atoms with van der Waals surface area (Å²) in [5.41, 5.74) is 1.27. The molecule has 21 heavy (non-hydrogen) atoms. The molecule has 0 radical (unpaired) electrons. The fourth-order valence-corrected chi connectivity index (χ4v) is 2.56. The van der Waals surface area contributed by atoms with E-state index in [1.54, 1.807) is 25.8 Å². The minimum atomic E-state index is -0.421. The van der Waals surface area contributed by atoms with E-state index in [0.29, 0.717) is 24.4 Å². The number of carbonyl (C=O) groups excluding carboxylic acids is 1. The van der Waals surface area contributed by atoms with Crippen molar-refractivity contribution >= 4 is 23.4 Å². The molecule has 0 saturated carbocycles. The van der Waals surface area contributed by atoms with Gasteiger partial charge in [0.25, 0.3) is 0 Å². The monoisotopic (exact) mass is 307 g/mol. The van der Waals surface area contributed by atoms with Gasteiger partial charge in [-0.15, -0.1) is 11.8 Å². The summed E-state index contributed by atoms with van der Waals surface area (Å²) in [7, 11) is 1.59. The molecule has 1 atom stereocenters. The Morgan fingerprint density at radius 1 is 1.52 bits per heavy atom. The highest BCUT2D eigenvalue weighted by atomic mass is 32.2. The first kappa shape index (κ1) is 17.3. The molecule has 0 heterocycles. The molecule has 0 aliphatic heterocycles. The van der Waals surface area contributed by atoms with Crippen LogP contribution >= 0.6 is 11.8 Å². The van der Waals surface area contributed by atoms with Crippen molar-refractivity contribution in [2.45, 2.75) is 24.8 Å². The van der Waals surface area contributed by atoms with Crippen LogP contribution in [0.5, 0.6) is 0 Å². The maximum Gasteiger partial charge on any atom is 0.242 e. The van der Waals surface area contributed by atoms with Crippen LogP contribution in [-0.4, -0.2) is 38.0 Å². The predicted molar refractivity (Wildman–Crippen MR) is 85.5 cm³/mol. The van der Waals surface area contributed by atoms with Gasteiger partial charge in [-0.3, -0.25) is 4.79 Å². The van der Waals surface area contributed by atoms with E-state index in [9.17, 15) is 10.1 Å². The third-order valence-corrected chi connectivity index (χ3v) is 3.75. The van der Waals surface area contributed by atoms with Gasteiger partial charge in [0, 0.05) is 18.6 Å². The summed E-state index contributed by atoms with van der Waals surface area (Å²) in [5.74, 6) is 0.773. The molecule has 0 aliphatic rings. The van der Waals surface area contributed by atoms with Crippen LogP contribution in [0.1, 0.15) is 19.4 Å². The first-order valence-corrected chi connectivity index (χ1v) is 7.81. The van der Waals surface area contributed by atoms with Gasteiger partial charge in [-0.2, -0.15) is 5.26 Å². The van der Waals surface area contributed by atoms with Crippen molar-refractivity contribution in [2.75, 3.05) is 31.3 Å². The molecule has 1 amide bonds. The second-order valence-corrected chi connectivity index (χ2v) is 5.68. The Labute approximate surface area is 130 Å². The summed E-state index contributed by atoms with van der Waals surface area (Å²) in [6, 6.07) is 7.41. The molecule has 2 N–H and O–H groups in total. The van der Waals surface area contributed by atoms with Gasteiger partial charge in [-0.1, -0.05) is 13.0 Å². The highest BCUT2D eigenvalue weighted by molar-refractivity contribution is 7.99. The highest BCUT2D eigenvalue weighted by Gasteiger charge is 2.15. The third kappa shape index (κ3) is 5.29. The van der Waals surface area contributed by atoms with E-state index < -0.39 is 6.04 Å². The molecule has 5 nitrogen and oxygen atoms in total. The Kier molecular flexibility index (Phi) is 7.65. The molecule has 1 aromatic carbocycles. The predicted octanol–water partition coefficient (Wildman–Crippen LogP) is 2.23. The maximum absolute atomic E-state index is 11.9. The number of hydrogen-bond donors (Lipinski definition) is 2. The molecule has 0 aromatic heterocycles. The summed E-state index contributed by atoms with van der Waals surface area (Å²) in [4.78, 5) is 12.8. The summed E-state index contributed by atoms with van der Waals surface area (Å²) < 4.78 is 4.89. The zero-order valence-electron chi connectivity index (χ0n) is 12.6. The standard InChI is InChI=1S/C15H21N3O2S/c1-4-21-14-7-5-6-13(12(14)10-16)18-11(2)15(19)17-8-9-20-3/h5-7,11,18H,4,8-9H2,1-3H3,(H,17,19). The normalized spacial score (nSPS) is 11.5. The number of hydrogen-bond acceptors (Lipinski definition) is 5. The Morgan fingerprint density at radius 3 is 2.90 bits per heavy atom. The van der Waals surface area contributed by atoms with Crippen LogP contribution in [-0.2, 0) is 9.53 Å². The van der Waals surface area contributed by atoms with E-state index in [-0.39, 0.29) is 5.91 Å². The average molecular weight is 307 g/mol. The van der Waals surface area contributed by atoms with E-state index in [1.807, 2.05) is 25.1 Å². The van der Waals surface area contributed by atoms with Gasteiger partial charge in [0.1, 0.15) is 12.1 Å². The van der Waals surface area contributed by atoms with Crippen LogP contribution in [0.2, 0.25) is 0 Å². The second kappa shape index (κ2) is 9.27. The van der Waals surface area contributed by atoms with Crippen molar-refractivity contribution in [3.63, 3.8) is 0 Å². The Balaban J connectivity index is 2.76. The minimum absolute atomic E-state index is 0.121. The number of benzene rings is 1. The van der Waals surface area contributed by atoms with Crippen molar-refractivity contribution in [3.05, 3.63) is 23.8 Å². The highest BCUT2D eigenvalue weighted by Crippen LogP contribution is 2.28. The summed E-state index contributed by atoms with van der Waals surface area (Å²) in [6.07, 6.45) is 0. The number of rotatable bonds is 8. The van der Waals surface area contributed by atoms with Crippen LogP contribution < -0.4 is 10.6 Å². The Hall–Kier alpha value is -1.71. The average Bonchev–Trinajstić information content (AvgIpc) is 2.48. The lowest BCUT2D eigenvalue weighted by atomic mass is 10.1. The van der Waals surface area contributed by atoms with Crippen LogP contribution in [0.4, 0.5) is 5.69 Å². The van der Waals surface area contributed by atoms with E-state index in [0.717, 1.165) is 10.6 Å². The second-order valence-electron chi connectivity index (χ2n) is 4.37. The van der Waals surface area contributed by atoms with Gasteiger partial charge >= 0.3 is 0 Å². The molecular weight excluding hydrogens is 286 g/mol. The van der Waals surface area contributed by atoms with Crippen molar-refractivity contribution in [3.8, 4) is 6.07 Å². The number of carbonyl (C=O) groups is 1. The molecule has 0 fully saturated rings. The Morgan fingerprint density at radius 2 is 2.29 bits per heavy atom. The number of nitrogens with one attached hydrogen (secondary N) is 2. The van der Waals surface area contributed by atoms with E-state index in [1.165, 1.54) is 0 Å². The fraction of sp³-hybridized carbons (Fsp3) is 0.467. The summed E-state index contributed by atoms with van der Waals surface area (Å²) in [5, 5.41) is 15.2. The van der Waals surface area contributed by atoms with Gasteiger partial charge in [-0.05, 0) is 24.8 Å². The molecule has 1 rings (SSSR count). The third-order valence-electron chi connectivity index (χ3n) is 2.81. The number of nitriles is 1. The maximum atomic E-state index is 11.9.